The lowest BCUT2D eigenvalue weighted by molar-refractivity contribution is 0.0374. The van der Waals surface area contributed by atoms with Gasteiger partial charge in [0.05, 0.1) is 18.2 Å². The van der Waals surface area contributed by atoms with Crippen LogP contribution in [-0.4, -0.2) is 68.3 Å². The molecular formula is C16H26N4O2S. The average Bonchev–Trinajstić information content (AvgIpc) is 3.10. The molecule has 0 saturated carbocycles. The van der Waals surface area contributed by atoms with Crippen molar-refractivity contribution in [3.8, 4) is 0 Å². The quantitative estimate of drug-likeness (QED) is 0.760. The fourth-order valence-electron chi connectivity index (χ4n) is 3.06. The summed E-state index contributed by atoms with van der Waals surface area (Å²) >= 11 is 1.61. The molecule has 0 spiro atoms. The van der Waals surface area contributed by atoms with E-state index in [1.54, 1.807) is 11.3 Å². The van der Waals surface area contributed by atoms with Crippen LogP contribution in [0.15, 0.2) is 5.38 Å². The van der Waals surface area contributed by atoms with Crippen molar-refractivity contribution in [2.45, 2.75) is 25.2 Å². The Morgan fingerprint density at radius 3 is 3.13 bits per heavy atom. The van der Waals surface area contributed by atoms with Gasteiger partial charge in [-0.15, -0.1) is 11.3 Å². The maximum atomic E-state index is 12.2. The van der Waals surface area contributed by atoms with E-state index in [9.17, 15) is 4.79 Å². The fourth-order valence-corrected chi connectivity index (χ4v) is 4.00. The van der Waals surface area contributed by atoms with Crippen molar-refractivity contribution >= 4 is 17.2 Å². The predicted molar refractivity (Wildman–Crippen MR) is 91.2 cm³/mol. The lowest BCUT2D eigenvalue weighted by Gasteiger charge is -2.26. The molecule has 2 N–H and O–H groups in total. The molecule has 1 aromatic rings. The Morgan fingerprint density at radius 2 is 2.35 bits per heavy atom. The van der Waals surface area contributed by atoms with E-state index in [1.165, 1.54) is 12.8 Å². The largest absolute Gasteiger partial charge is 0.379 e. The van der Waals surface area contributed by atoms with Gasteiger partial charge in [-0.25, -0.2) is 4.98 Å². The second-order valence-corrected chi connectivity index (χ2v) is 7.07. The minimum atomic E-state index is -0.0433. The molecule has 2 fully saturated rings. The molecule has 6 nitrogen and oxygen atoms in total. The number of hydrogen-bond donors (Lipinski definition) is 2. The van der Waals surface area contributed by atoms with Crippen LogP contribution in [0.4, 0.5) is 0 Å². The minimum absolute atomic E-state index is 0.0433. The summed E-state index contributed by atoms with van der Waals surface area (Å²) in [5, 5.41) is 9.37. The number of amides is 1. The predicted octanol–water partition coefficient (Wildman–Crippen LogP) is 1.06. The number of rotatable bonds is 6. The Kier molecular flexibility index (Phi) is 6.38. The van der Waals surface area contributed by atoms with E-state index in [1.807, 2.05) is 5.38 Å². The molecule has 128 valence electrons. The van der Waals surface area contributed by atoms with Crippen molar-refractivity contribution in [1.82, 2.24) is 20.5 Å². The topological polar surface area (TPSA) is 66.5 Å². The Morgan fingerprint density at radius 1 is 1.48 bits per heavy atom. The van der Waals surface area contributed by atoms with Crippen LogP contribution < -0.4 is 10.6 Å². The molecule has 2 aliphatic heterocycles. The molecule has 3 rings (SSSR count). The molecule has 1 unspecified atom stereocenters. The smallest absolute Gasteiger partial charge is 0.270 e. The second-order valence-electron chi connectivity index (χ2n) is 6.18. The van der Waals surface area contributed by atoms with Gasteiger partial charge in [0.1, 0.15) is 5.69 Å². The van der Waals surface area contributed by atoms with Gasteiger partial charge in [-0.3, -0.25) is 9.69 Å². The molecule has 7 heteroatoms. The van der Waals surface area contributed by atoms with Crippen LogP contribution in [-0.2, 0) is 4.74 Å². The van der Waals surface area contributed by atoms with Crippen LogP contribution in [0.2, 0.25) is 0 Å². The average molecular weight is 338 g/mol. The molecule has 0 aliphatic carbocycles. The number of nitrogens with one attached hydrogen (secondary N) is 2. The number of carbonyl (C=O) groups is 1. The number of thiazole rings is 1. The number of aromatic nitrogens is 1. The van der Waals surface area contributed by atoms with E-state index in [0.29, 0.717) is 18.2 Å². The number of nitrogens with zero attached hydrogens (tertiary/aromatic N) is 2. The van der Waals surface area contributed by atoms with Crippen LogP contribution in [0, 0.1) is 0 Å². The molecule has 23 heavy (non-hydrogen) atoms. The third kappa shape index (κ3) is 4.97. The van der Waals surface area contributed by atoms with Crippen molar-refractivity contribution in [3.05, 3.63) is 16.1 Å². The highest BCUT2D eigenvalue weighted by Crippen LogP contribution is 2.26. The normalized spacial score (nSPS) is 22.9. The summed E-state index contributed by atoms with van der Waals surface area (Å²) in [7, 11) is 0. The van der Waals surface area contributed by atoms with Gasteiger partial charge >= 0.3 is 0 Å². The summed E-state index contributed by atoms with van der Waals surface area (Å²) in [4.78, 5) is 19.1. The summed E-state index contributed by atoms with van der Waals surface area (Å²) in [5.41, 5.74) is 0.571. The Bertz CT molecular complexity index is 496. The van der Waals surface area contributed by atoms with Crippen LogP contribution >= 0.6 is 11.3 Å². The summed E-state index contributed by atoms with van der Waals surface area (Å²) in [6.45, 7) is 7.44. The molecular weight excluding hydrogens is 312 g/mol. The molecule has 1 aromatic heterocycles. The van der Waals surface area contributed by atoms with Crippen molar-refractivity contribution < 1.29 is 9.53 Å². The summed E-state index contributed by atoms with van der Waals surface area (Å²) < 4.78 is 5.33. The highest BCUT2D eigenvalue weighted by molar-refractivity contribution is 7.09. The van der Waals surface area contributed by atoms with Crippen LogP contribution in [0.3, 0.4) is 0 Å². The van der Waals surface area contributed by atoms with Gasteiger partial charge in [0.15, 0.2) is 0 Å². The lowest BCUT2D eigenvalue weighted by atomic mass is 10.0. The Balaban J connectivity index is 1.38. The van der Waals surface area contributed by atoms with Gasteiger partial charge in [-0.05, 0) is 32.4 Å². The SMILES string of the molecule is O=C(NCCCN1CCOCC1)c1csc(C2CCCNC2)n1. The van der Waals surface area contributed by atoms with Crippen molar-refractivity contribution in [2.75, 3.05) is 52.5 Å². The third-order valence-corrected chi connectivity index (χ3v) is 5.45. The fraction of sp³-hybridized carbons (Fsp3) is 0.750. The Hall–Kier alpha value is -1.02. The summed E-state index contributed by atoms with van der Waals surface area (Å²) in [5.74, 6) is 0.426. The van der Waals surface area contributed by atoms with Gasteiger partial charge in [0.2, 0.25) is 0 Å². The number of hydrogen-bond acceptors (Lipinski definition) is 6. The number of carbonyl (C=O) groups excluding carboxylic acids is 1. The first-order valence-electron chi connectivity index (χ1n) is 8.57. The minimum Gasteiger partial charge on any atom is -0.379 e. The number of piperidine rings is 1. The van der Waals surface area contributed by atoms with Crippen molar-refractivity contribution in [3.63, 3.8) is 0 Å². The highest BCUT2D eigenvalue weighted by Gasteiger charge is 2.20. The van der Waals surface area contributed by atoms with Crippen LogP contribution in [0.25, 0.3) is 0 Å². The first-order valence-corrected chi connectivity index (χ1v) is 9.45. The van der Waals surface area contributed by atoms with Crippen molar-refractivity contribution in [2.24, 2.45) is 0 Å². The molecule has 3 heterocycles. The molecule has 0 aromatic carbocycles. The second kappa shape index (κ2) is 8.73. The molecule has 2 aliphatic rings. The zero-order valence-electron chi connectivity index (χ0n) is 13.6. The van der Waals surface area contributed by atoms with E-state index >= 15 is 0 Å². The maximum Gasteiger partial charge on any atom is 0.270 e. The first-order chi connectivity index (χ1) is 11.3. The van der Waals surface area contributed by atoms with Gasteiger partial charge in [0.25, 0.3) is 5.91 Å². The van der Waals surface area contributed by atoms with E-state index in [2.05, 4.69) is 20.5 Å². The van der Waals surface area contributed by atoms with Gasteiger partial charge in [0, 0.05) is 37.5 Å². The van der Waals surface area contributed by atoms with E-state index in [0.717, 1.165) is 57.4 Å². The zero-order valence-corrected chi connectivity index (χ0v) is 14.4. The van der Waals surface area contributed by atoms with Crippen LogP contribution in [0.5, 0.6) is 0 Å². The van der Waals surface area contributed by atoms with Gasteiger partial charge < -0.3 is 15.4 Å². The Labute approximate surface area is 141 Å². The molecule has 2 saturated heterocycles. The summed E-state index contributed by atoms with van der Waals surface area (Å²) in [6.07, 6.45) is 3.32. The van der Waals surface area contributed by atoms with Gasteiger partial charge in [-0.2, -0.15) is 0 Å². The zero-order chi connectivity index (χ0) is 15.9. The molecule has 0 bridgehead atoms. The molecule has 0 radical (unpaired) electrons. The van der Waals surface area contributed by atoms with Crippen molar-refractivity contribution in [1.29, 1.82) is 0 Å². The lowest BCUT2D eigenvalue weighted by Crippen LogP contribution is -2.38. The van der Waals surface area contributed by atoms with Crippen LogP contribution in [0.1, 0.15) is 40.7 Å². The first kappa shape index (κ1) is 16.8. The van der Waals surface area contributed by atoms with E-state index in [-0.39, 0.29) is 5.91 Å². The third-order valence-electron chi connectivity index (χ3n) is 4.44. The summed E-state index contributed by atoms with van der Waals surface area (Å²) in [6, 6.07) is 0. The molecule has 1 amide bonds. The number of morpholine rings is 1. The number of ether oxygens (including phenoxy) is 1. The van der Waals surface area contributed by atoms with Gasteiger partial charge in [-0.1, -0.05) is 0 Å². The van der Waals surface area contributed by atoms with E-state index in [4.69, 9.17) is 4.74 Å². The monoisotopic (exact) mass is 338 g/mol. The molecule has 1 atom stereocenters. The highest BCUT2D eigenvalue weighted by atomic mass is 32.1. The standard InChI is InChI=1S/C16H26N4O2S/c21-15(18-5-2-6-20-7-9-22-10-8-20)14-12-23-16(19-14)13-3-1-4-17-11-13/h12-13,17H,1-11H2,(H,18,21). The van der Waals surface area contributed by atoms with E-state index < -0.39 is 0 Å². The maximum absolute atomic E-state index is 12.2.